The number of hydrogen-bond donors (Lipinski definition) is 0. The van der Waals surface area contributed by atoms with Gasteiger partial charge in [-0.2, -0.15) is 0 Å². The molecule has 0 saturated carbocycles. The summed E-state index contributed by atoms with van der Waals surface area (Å²) in [7, 11) is -3.10. The Hall–Kier alpha value is -0.683. The van der Waals surface area contributed by atoms with Gasteiger partial charge in [0.15, 0.2) is 0 Å². The summed E-state index contributed by atoms with van der Waals surface area (Å²) in [6, 6.07) is 0. The van der Waals surface area contributed by atoms with Crippen molar-refractivity contribution in [3.05, 3.63) is 27.8 Å². The van der Waals surface area contributed by atoms with Crippen LogP contribution in [-0.4, -0.2) is 27.1 Å². The summed E-state index contributed by atoms with van der Waals surface area (Å²) in [6.45, 7) is 23.9. The van der Waals surface area contributed by atoms with Gasteiger partial charge in [-0.05, 0) is 102 Å². The third-order valence-electron chi connectivity index (χ3n) is 6.10. The molecule has 0 saturated heterocycles. The van der Waals surface area contributed by atoms with E-state index in [0.717, 1.165) is 19.3 Å². The maximum atomic E-state index is 6.72. The van der Waals surface area contributed by atoms with Gasteiger partial charge in [-0.25, -0.2) is 0 Å². The van der Waals surface area contributed by atoms with E-state index in [2.05, 4.69) is 76.2 Å². The summed E-state index contributed by atoms with van der Waals surface area (Å²) in [5, 5.41) is 1.18. The zero-order valence-corrected chi connectivity index (χ0v) is 20.6. The molecule has 0 aliphatic rings. The first-order valence-electron chi connectivity index (χ1n) is 10.6. The van der Waals surface area contributed by atoms with Gasteiger partial charge in [0.2, 0.25) is 0 Å². The van der Waals surface area contributed by atoms with Gasteiger partial charge in [-0.15, -0.1) is 0 Å². The Labute approximate surface area is 169 Å². The molecule has 0 radical (unpaired) electrons. The molecular formula is C23H42O3Si. The van der Waals surface area contributed by atoms with Crippen molar-refractivity contribution >= 4 is 14.0 Å². The summed E-state index contributed by atoms with van der Waals surface area (Å²) in [6.07, 6.45) is 3.07. The average molecular weight is 395 g/mol. The minimum atomic E-state index is -3.10. The van der Waals surface area contributed by atoms with E-state index in [1.165, 1.54) is 33.0 Å². The molecule has 0 amide bonds. The molecule has 27 heavy (non-hydrogen) atoms. The molecule has 4 heteroatoms. The SMILES string of the molecule is CCC(C)O[Si](OC(C)CC)(OC(C)CC)c1c(C)c(C)c(C)c(C)c1C. The van der Waals surface area contributed by atoms with Gasteiger partial charge >= 0.3 is 8.80 Å². The first kappa shape index (κ1) is 24.4. The normalized spacial score (nSPS) is 17.4. The van der Waals surface area contributed by atoms with Crippen molar-refractivity contribution in [3.63, 3.8) is 0 Å². The van der Waals surface area contributed by atoms with E-state index in [4.69, 9.17) is 13.3 Å². The van der Waals surface area contributed by atoms with Crippen LogP contribution in [0.3, 0.4) is 0 Å². The molecule has 3 nitrogen and oxygen atoms in total. The van der Waals surface area contributed by atoms with E-state index >= 15 is 0 Å². The monoisotopic (exact) mass is 394 g/mol. The summed E-state index contributed by atoms with van der Waals surface area (Å²) in [4.78, 5) is 0. The van der Waals surface area contributed by atoms with Gasteiger partial charge in [-0.1, -0.05) is 20.8 Å². The summed E-state index contributed by atoms with van der Waals surface area (Å²) >= 11 is 0. The van der Waals surface area contributed by atoms with Crippen molar-refractivity contribution in [1.29, 1.82) is 0 Å². The zero-order chi connectivity index (χ0) is 20.9. The molecule has 0 aliphatic heterocycles. The second kappa shape index (κ2) is 10.2. The third-order valence-corrected chi connectivity index (χ3v) is 9.60. The van der Waals surface area contributed by atoms with E-state index in [9.17, 15) is 0 Å². The van der Waals surface area contributed by atoms with Crippen LogP contribution >= 0.6 is 0 Å². The fourth-order valence-electron chi connectivity index (χ4n) is 3.26. The molecule has 156 valence electrons. The van der Waals surface area contributed by atoms with Crippen molar-refractivity contribution in [2.45, 2.75) is 114 Å². The van der Waals surface area contributed by atoms with Crippen LogP contribution in [0.5, 0.6) is 0 Å². The highest BCUT2D eigenvalue weighted by molar-refractivity contribution is 6.76. The summed E-state index contributed by atoms with van der Waals surface area (Å²) in [5.74, 6) is 0. The maximum Gasteiger partial charge on any atom is 0.538 e. The van der Waals surface area contributed by atoms with Gasteiger partial charge < -0.3 is 13.3 Å². The molecular weight excluding hydrogens is 352 g/mol. The quantitative estimate of drug-likeness (QED) is 0.468. The molecule has 1 aromatic carbocycles. The Bertz CT molecular complexity index is 566. The molecule has 0 bridgehead atoms. The van der Waals surface area contributed by atoms with Crippen molar-refractivity contribution in [1.82, 2.24) is 0 Å². The molecule has 1 aromatic rings. The molecule has 0 aromatic heterocycles. The Balaban J connectivity index is 3.78. The lowest BCUT2D eigenvalue weighted by atomic mass is 9.95. The second-order valence-electron chi connectivity index (χ2n) is 8.07. The van der Waals surface area contributed by atoms with Gasteiger partial charge in [0, 0.05) is 23.5 Å². The minimum absolute atomic E-state index is 0.0884. The molecule has 0 fully saturated rings. The lowest BCUT2D eigenvalue weighted by Crippen LogP contribution is -2.62. The van der Waals surface area contributed by atoms with Crippen molar-refractivity contribution < 1.29 is 13.3 Å². The highest BCUT2D eigenvalue weighted by Gasteiger charge is 2.50. The molecule has 0 heterocycles. The Morgan fingerprint density at radius 3 is 1.07 bits per heavy atom. The fraction of sp³-hybridized carbons (Fsp3) is 0.739. The molecule has 1 rings (SSSR count). The number of rotatable bonds is 10. The largest absolute Gasteiger partial charge is 0.538 e. The lowest BCUT2D eigenvalue weighted by Gasteiger charge is -2.38. The summed E-state index contributed by atoms with van der Waals surface area (Å²) in [5.41, 5.74) is 6.51. The molecule has 0 N–H and O–H groups in total. The number of benzene rings is 1. The van der Waals surface area contributed by atoms with E-state index in [-0.39, 0.29) is 18.3 Å². The standard InChI is InChI=1S/C23H42O3Si/c1-12-15(4)24-27(25-16(5)13-2,26-17(6)14-3)23-21(10)19(8)18(7)20(9)22(23)11/h15-17H,12-14H2,1-11H3. The predicted molar refractivity (Wildman–Crippen MR) is 118 cm³/mol. The Morgan fingerprint density at radius 1 is 0.556 bits per heavy atom. The van der Waals surface area contributed by atoms with E-state index in [1.807, 2.05) is 0 Å². The van der Waals surface area contributed by atoms with Crippen LogP contribution in [0.15, 0.2) is 0 Å². The van der Waals surface area contributed by atoms with Crippen LogP contribution in [0.25, 0.3) is 0 Å². The van der Waals surface area contributed by atoms with Crippen LogP contribution in [0.1, 0.15) is 88.6 Å². The van der Waals surface area contributed by atoms with E-state index in [1.54, 1.807) is 0 Å². The smallest absolute Gasteiger partial charge is 0.367 e. The van der Waals surface area contributed by atoms with Gasteiger partial charge in [0.05, 0.1) is 0 Å². The maximum absolute atomic E-state index is 6.72. The van der Waals surface area contributed by atoms with Crippen LogP contribution in [0.2, 0.25) is 0 Å². The Morgan fingerprint density at radius 2 is 0.815 bits per heavy atom. The van der Waals surface area contributed by atoms with Gasteiger partial charge in [0.1, 0.15) is 0 Å². The zero-order valence-electron chi connectivity index (χ0n) is 19.6. The van der Waals surface area contributed by atoms with E-state index in [0.29, 0.717) is 0 Å². The first-order valence-corrected chi connectivity index (χ1v) is 12.4. The molecule has 3 unspecified atom stereocenters. The Kier molecular flexibility index (Phi) is 9.20. The van der Waals surface area contributed by atoms with Gasteiger partial charge in [0.25, 0.3) is 0 Å². The fourth-order valence-corrected chi connectivity index (χ4v) is 7.17. The minimum Gasteiger partial charge on any atom is -0.367 e. The molecule has 0 aliphatic carbocycles. The van der Waals surface area contributed by atoms with Crippen molar-refractivity contribution in [3.8, 4) is 0 Å². The lowest BCUT2D eigenvalue weighted by molar-refractivity contribution is 0.000579. The molecule has 0 spiro atoms. The molecule has 3 atom stereocenters. The van der Waals surface area contributed by atoms with Crippen LogP contribution < -0.4 is 5.19 Å². The van der Waals surface area contributed by atoms with Crippen molar-refractivity contribution in [2.75, 3.05) is 0 Å². The highest BCUT2D eigenvalue weighted by Crippen LogP contribution is 2.28. The predicted octanol–water partition coefficient (Wildman–Crippen LogP) is 5.82. The third kappa shape index (κ3) is 5.44. The van der Waals surface area contributed by atoms with Crippen LogP contribution in [-0.2, 0) is 13.3 Å². The number of hydrogen-bond acceptors (Lipinski definition) is 3. The second-order valence-corrected chi connectivity index (χ2v) is 10.4. The van der Waals surface area contributed by atoms with Crippen molar-refractivity contribution in [2.24, 2.45) is 0 Å². The summed E-state index contributed by atoms with van der Waals surface area (Å²) < 4.78 is 20.2. The topological polar surface area (TPSA) is 27.7 Å². The van der Waals surface area contributed by atoms with E-state index < -0.39 is 8.80 Å². The van der Waals surface area contributed by atoms with Crippen LogP contribution in [0, 0.1) is 34.6 Å². The highest BCUT2D eigenvalue weighted by atomic mass is 28.4. The first-order chi connectivity index (χ1) is 12.5. The van der Waals surface area contributed by atoms with Gasteiger partial charge in [-0.3, -0.25) is 0 Å². The van der Waals surface area contributed by atoms with Crippen LogP contribution in [0.4, 0.5) is 0 Å². The average Bonchev–Trinajstić information content (AvgIpc) is 2.64.